The van der Waals surface area contributed by atoms with Crippen LogP contribution in [0.2, 0.25) is 10.0 Å². The highest BCUT2D eigenvalue weighted by molar-refractivity contribution is 6.39. The SMILES string of the molecule is CN(C)CCCn1nc(Nc2c(Cl)cccc2Cl)c2cnc(Nc3ccccc3)nc21. The Bertz CT molecular complexity index is 1160. The molecule has 0 saturated carbocycles. The van der Waals surface area contributed by atoms with Crippen molar-refractivity contribution < 1.29 is 0 Å². The first kappa shape index (κ1) is 21.4. The third-order valence-electron chi connectivity index (χ3n) is 4.70. The number of halogens is 2. The zero-order valence-electron chi connectivity index (χ0n) is 17.3. The summed E-state index contributed by atoms with van der Waals surface area (Å²) >= 11 is 12.7. The number of rotatable bonds is 8. The predicted octanol–water partition coefficient (Wildman–Crippen LogP) is 5.57. The van der Waals surface area contributed by atoms with Crippen LogP contribution in [0.5, 0.6) is 0 Å². The van der Waals surface area contributed by atoms with E-state index < -0.39 is 0 Å². The molecule has 0 fully saturated rings. The molecule has 2 heterocycles. The van der Waals surface area contributed by atoms with E-state index in [9.17, 15) is 0 Å². The quantitative estimate of drug-likeness (QED) is 0.361. The fourth-order valence-corrected chi connectivity index (χ4v) is 3.68. The zero-order chi connectivity index (χ0) is 21.8. The monoisotopic (exact) mass is 455 g/mol. The van der Waals surface area contributed by atoms with Gasteiger partial charge in [0.1, 0.15) is 0 Å². The van der Waals surface area contributed by atoms with Gasteiger partial charge in [0.05, 0.1) is 21.1 Å². The molecule has 2 aromatic heterocycles. The van der Waals surface area contributed by atoms with Crippen molar-refractivity contribution in [2.45, 2.75) is 13.0 Å². The van der Waals surface area contributed by atoms with Gasteiger partial charge in [-0.05, 0) is 51.3 Å². The van der Waals surface area contributed by atoms with Crippen molar-refractivity contribution in [3.8, 4) is 0 Å². The second kappa shape index (κ2) is 9.51. The molecular formula is C22H23Cl2N7. The highest BCUT2D eigenvalue weighted by Gasteiger charge is 2.16. The molecule has 160 valence electrons. The normalized spacial score (nSPS) is 11.3. The third kappa shape index (κ3) is 5.07. The van der Waals surface area contributed by atoms with Gasteiger partial charge in [-0.15, -0.1) is 0 Å². The topological polar surface area (TPSA) is 70.9 Å². The number of anilines is 4. The molecule has 0 aliphatic carbocycles. The maximum absolute atomic E-state index is 6.34. The van der Waals surface area contributed by atoms with Crippen molar-refractivity contribution in [2.75, 3.05) is 31.3 Å². The van der Waals surface area contributed by atoms with E-state index in [0.29, 0.717) is 34.0 Å². The van der Waals surface area contributed by atoms with Crippen LogP contribution in [0.25, 0.3) is 11.0 Å². The lowest BCUT2D eigenvalue weighted by molar-refractivity contribution is 0.382. The number of fused-ring (bicyclic) bond motifs is 1. The van der Waals surface area contributed by atoms with Crippen molar-refractivity contribution in [3.05, 3.63) is 64.8 Å². The Kier molecular flexibility index (Phi) is 6.56. The van der Waals surface area contributed by atoms with Crippen LogP contribution in [0.4, 0.5) is 23.1 Å². The van der Waals surface area contributed by atoms with E-state index in [0.717, 1.165) is 29.7 Å². The molecule has 0 amide bonds. The van der Waals surface area contributed by atoms with Crippen LogP contribution in [-0.4, -0.2) is 45.3 Å². The number of para-hydroxylation sites is 2. The standard InChI is InChI=1S/C22H23Cl2N7/c1-30(2)12-7-13-31-21-16(14-25-22(28-21)26-15-8-4-3-5-9-15)20(29-31)27-19-17(23)10-6-11-18(19)24/h3-6,8-11,14H,7,12-13H2,1-2H3,(H,27,29)(H,25,26,28). The lowest BCUT2D eigenvalue weighted by atomic mass is 10.3. The third-order valence-corrected chi connectivity index (χ3v) is 5.33. The first-order valence-corrected chi connectivity index (χ1v) is 10.7. The van der Waals surface area contributed by atoms with Gasteiger partial charge in [0.2, 0.25) is 5.95 Å². The Balaban J connectivity index is 1.70. The average molecular weight is 456 g/mol. The average Bonchev–Trinajstić information content (AvgIpc) is 3.08. The second-order valence-corrected chi connectivity index (χ2v) is 8.19. The summed E-state index contributed by atoms with van der Waals surface area (Å²) in [5, 5.41) is 13.1. The second-order valence-electron chi connectivity index (χ2n) is 7.37. The van der Waals surface area contributed by atoms with E-state index in [1.54, 1.807) is 24.4 Å². The van der Waals surface area contributed by atoms with Gasteiger partial charge in [0, 0.05) is 18.4 Å². The van der Waals surface area contributed by atoms with Gasteiger partial charge in [-0.2, -0.15) is 10.1 Å². The number of hydrogen-bond acceptors (Lipinski definition) is 6. The Hall–Kier alpha value is -2.87. The van der Waals surface area contributed by atoms with E-state index in [1.807, 2.05) is 35.0 Å². The molecule has 2 N–H and O–H groups in total. The summed E-state index contributed by atoms with van der Waals surface area (Å²) < 4.78 is 1.89. The smallest absolute Gasteiger partial charge is 0.229 e. The van der Waals surface area contributed by atoms with Crippen molar-refractivity contribution in [2.24, 2.45) is 0 Å². The summed E-state index contributed by atoms with van der Waals surface area (Å²) in [7, 11) is 4.11. The van der Waals surface area contributed by atoms with Crippen LogP contribution in [0.15, 0.2) is 54.7 Å². The molecule has 4 aromatic rings. The van der Waals surface area contributed by atoms with Gasteiger partial charge in [-0.25, -0.2) is 9.67 Å². The number of aryl methyl sites for hydroxylation is 1. The highest BCUT2D eigenvalue weighted by Crippen LogP contribution is 2.34. The van der Waals surface area contributed by atoms with Crippen LogP contribution in [-0.2, 0) is 6.54 Å². The Morgan fingerprint density at radius 2 is 1.71 bits per heavy atom. The molecule has 31 heavy (non-hydrogen) atoms. The van der Waals surface area contributed by atoms with Gasteiger partial charge in [-0.3, -0.25) is 0 Å². The molecule has 0 unspecified atom stereocenters. The number of hydrogen-bond donors (Lipinski definition) is 2. The van der Waals surface area contributed by atoms with E-state index in [2.05, 4.69) is 34.6 Å². The molecule has 7 nitrogen and oxygen atoms in total. The minimum absolute atomic E-state index is 0.509. The summed E-state index contributed by atoms with van der Waals surface area (Å²) in [6.07, 6.45) is 2.69. The number of nitrogens with one attached hydrogen (secondary N) is 2. The highest BCUT2D eigenvalue weighted by atomic mass is 35.5. The van der Waals surface area contributed by atoms with E-state index in [4.69, 9.17) is 33.3 Å². The lowest BCUT2D eigenvalue weighted by Gasteiger charge is -2.09. The first-order valence-electron chi connectivity index (χ1n) is 9.92. The molecule has 0 aliphatic heterocycles. The first-order chi connectivity index (χ1) is 15.0. The molecule has 0 spiro atoms. The minimum Gasteiger partial charge on any atom is -0.336 e. The Morgan fingerprint density at radius 3 is 2.42 bits per heavy atom. The summed E-state index contributed by atoms with van der Waals surface area (Å²) in [6.45, 7) is 1.66. The molecule has 4 rings (SSSR count). The molecule has 0 bridgehead atoms. The largest absolute Gasteiger partial charge is 0.336 e. The Labute approximate surface area is 191 Å². The van der Waals surface area contributed by atoms with Crippen molar-refractivity contribution in [3.63, 3.8) is 0 Å². The van der Waals surface area contributed by atoms with Crippen LogP contribution in [0.1, 0.15) is 6.42 Å². The minimum atomic E-state index is 0.509. The van der Waals surface area contributed by atoms with E-state index >= 15 is 0 Å². The summed E-state index contributed by atoms with van der Waals surface area (Å²) in [4.78, 5) is 11.4. The van der Waals surface area contributed by atoms with Crippen LogP contribution in [0, 0.1) is 0 Å². The maximum Gasteiger partial charge on any atom is 0.229 e. The molecule has 2 aromatic carbocycles. The van der Waals surface area contributed by atoms with Crippen LogP contribution in [0.3, 0.4) is 0 Å². The van der Waals surface area contributed by atoms with Crippen LogP contribution >= 0.6 is 23.2 Å². The molecule has 0 saturated heterocycles. The van der Waals surface area contributed by atoms with Crippen molar-refractivity contribution >= 4 is 57.4 Å². The summed E-state index contributed by atoms with van der Waals surface area (Å²) in [6, 6.07) is 15.2. The summed E-state index contributed by atoms with van der Waals surface area (Å²) in [5.41, 5.74) is 2.26. The van der Waals surface area contributed by atoms with Gasteiger partial charge in [0.25, 0.3) is 0 Å². The number of benzene rings is 2. The van der Waals surface area contributed by atoms with Crippen molar-refractivity contribution in [1.29, 1.82) is 0 Å². The predicted molar refractivity (Wildman–Crippen MR) is 128 cm³/mol. The van der Waals surface area contributed by atoms with Gasteiger partial charge < -0.3 is 15.5 Å². The van der Waals surface area contributed by atoms with Crippen LogP contribution < -0.4 is 10.6 Å². The maximum atomic E-state index is 6.34. The van der Waals surface area contributed by atoms with E-state index in [1.165, 1.54) is 0 Å². The number of nitrogens with zero attached hydrogens (tertiary/aromatic N) is 5. The molecule has 9 heteroatoms. The lowest BCUT2D eigenvalue weighted by Crippen LogP contribution is -2.15. The van der Waals surface area contributed by atoms with E-state index in [-0.39, 0.29) is 0 Å². The zero-order valence-corrected chi connectivity index (χ0v) is 18.8. The van der Waals surface area contributed by atoms with Gasteiger partial charge in [0.15, 0.2) is 11.5 Å². The molecular weight excluding hydrogens is 433 g/mol. The van der Waals surface area contributed by atoms with Crippen molar-refractivity contribution in [1.82, 2.24) is 24.6 Å². The Morgan fingerprint density at radius 1 is 0.968 bits per heavy atom. The molecule has 0 aliphatic rings. The molecule has 0 atom stereocenters. The fraction of sp³-hybridized carbons (Fsp3) is 0.227. The van der Waals surface area contributed by atoms with Gasteiger partial charge >= 0.3 is 0 Å². The van der Waals surface area contributed by atoms with Gasteiger partial charge in [-0.1, -0.05) is 47.5 Å². The number of aromatic nitrogens is 4. The summed E-state index contributed by atoms with van der Waals surface area (Å²) in [5.74, 6) is 1.12. The molecule has 0 radical (unpaired) electrons. The fourth-order valence-electron chi connectivity index (χ4n) is 3.19.